The molecule has 0 saturated heterocycles. The minimum atomic E-state index is -0.902. The molecule has 0 bridgehead atoms. The fraction of sp³-hybridized carbons (Fsp3) is 0.870. The number of fused-ring (bicyclic) bond motifs is 5. The van der Waals surface area contributed by atoms with Gasteiger partial charge < -0.3 is 14.6 Å². The van der Waals surface area contributed by atoms with E-state index in [1.165, 1.54) is 13.8 Å². The average Bonchev–Trinajstić information content (AvgIpc) is 2.87. The van der Waals surface area contributed by atoms with Crippen LogP contribution in [0.4, 0.5) is 0 Å². The zero-order valence-electron chi connectivity index (χ0n) is 18.1. The van der Waals surface area contributed by atoms with Gasteiger partial charge in [-0.1, -0.05) is 6.92 Å². The number of Topliss-reactive ketones (excluding diaryl/α,β-unsaturated/α-hetero) is 1. The van der Waals surface area contributed by atoms with E-state index in [2.05, 4.69) is 6.92 Å². The molecule has 0 spiro atoms. The van der Waals surface area contributed by atoms with Gasteiger partial charge in [0.15, 0.2) is 0 Å². The molecule has 7 atom stereocenters. The quantitative estimate of drug-likeness (QED) is 0.708. The zero-order valence-corrected chi connectivity index (χ0v) is 18.1. The molecule has 1 N–H and O–H groups in total. The summed E-state index contributed by atoms with van der Waals surface area (Å²) in [7, 11) is 0. The van der Waals surface area contributed by atoms with Crippen molar-refractivity contribution in [3.63, 3.8) is 0 Å². The molecule has 0 radical (unpaired) electrons. The Morgan fingerprint density at radius 1 is 0.966 bits per heavy atom. The molecule has 162 valence electrons. The maximum atomic E-state index is 12.9. The van der Waals surface area contributed by atoms with E-state index >= 15 is 0 Å². The summed E-state index contributed by atoms with van der Waals surface area (Å²) in [6, 6.07) is 0. The molecule has 4 saturated carbocycles. The Kier molecular flexibility index (Phi) is 4.69. The standard InChI is InChI=1S/C23H34O6/c1-14(24)28-16-5-9-20(3)17-6-10-21(4)19(26)8-12-23(21,29-15(2)25)18(17)7-11-22(20,27)13-16/h16-18,27H,5-13H2,1-4H3/t16-,17-,18+,20+,21+,22+,23-/m0/s1. The molecule has 0 amide bonds. The number of ketones is 1. The van der Waals surface area contributed by atoms with Gasteiger partial charge in [0.05, 0.1) is 11.0 Å². The van der Waals surface area contributed by atoms with E-state index in [9.17, 15) is 19.5 Å². The van der Waals surface area contributed by atoms with Crippen molar-refractivity contribution in [1.29, 1.82) is 0 Å². The first-order valence-electron chi connectivity index (χ1n) is 11.1. The van der Waals surface area contributed by atoms with E-state index in [0.29, 0.717) is 32.1 Å². The number of aliphatic hydroxyl groups is 1. The van der Waals surface area contributed by atoms with E-state index in [1.807, 2.05) is 6.92 Å². The third-order valence-corrected chi connectivity index (χ3v) is 9.27. The molecule has 4 aliphatic rings. The van der Waals surface area contributed by atoms with Crippen molar-refractivity contribution in [1.82, 2.24) is 0 Å². The topological polar surface area (TPSA) is 89.9 Å². The van der Waals surface area contributed by atoms with Gasteiger partial charge in [0.1, 0.15) is 17.5 Å². The van der Waals surface area contributed by atoms with Gasteiger partial charge in [-0.3, -0.25) is 14.4 Å². The fourth-order valence-electron chi connectivity index (χ4n) is 7.75. The summed E-state index contributed by atoms with van der Waals surface area (Å²) in [5, 5.41) is 11.7. The highest BCUT2D eigenvalue weighted by Gasteiger charge is 2.72. The Hall–Kier alpha value is -1.43. The number of hydrogen-bond donors (Lipinski definition) is 1. The van der Waals surface area contributed by atoms with Crippen molar-refractivity contribution in [3.8, 4) is 0 Å². The molecule has 4 fully saturated rings. The smallest absolute Gasteiger partial charge is 0.303 e. The van der Waals surface area contributed by atoms with Crippen LogP contribution in [0.25, 0.3) is 0 Å². The van der Waals surface area contributed by atoms with E-state index in [0.717, 1.165) is 25.7 Å². The molecule has 0 aromatic rings. The van der Waals surface area contributed by atoms with Gasteiger partial charge in [-0.15, -0.1) is 0 Å². The molecule has 4 aliphatic carbocycles. The normalized spacial score (nSPS) is 48.9. The number of carbonyl (C=O) groups is 3. The number of ether oxygens (including phenoxy) is 2. The summed E-state index contributed by atoms with van der Waals surface area (Å²) in [5.41, 5.74) is -2.62. The van der Waals surface area contributed by atoms with Crippen LogP contribution in [0.2, 0.25) is 0 Å². The number of rotatable bonds is 2. The lowest BCUT2D eigenvalue weighted by molar-refractivity contribution is -0.257. The SMILES string of the molecule is CC(=O)O[C@H]1CC[C@]2(C)[C@H]3CC[C@]4(C)C(=O)CC[C@]4(OC(C)=O)[C@@H]3CC[C@@]2(O)C1. The predicted molar refractivity (Wildman–Crippen MR) is 105 cm³/mol. The van der Waals surface area contributed by atoms with Crippen LogP contribution in [-0.4, -0.2) is 40.1 Å². The fourth-order valence-corrected chi connectivity index (χ4v) is 7.75. The Balaban J connectivity index is 1.69. The third kappa shape index (κ3) is 2.74. The van der Waals surface area contributed by atoms with Crippen LogP contribution in [0.15, 0.2) is 0 Å². The van der Waals surface area contributed by atoms with Gasteiger partial charge in [-0.2, -0.15) is 0 Å². The molecule has 0 aromatic carbocycles. The maximum Gasteiger partial charge on any atom is 0.303 e. The van der Waals surface area contributed by atoms with Gasteiger partial charge in [-0.05, 0) is 63.2 Å². The lowest BCUT2D eigenvalue weighted by Crippen LogP contribution is -2.68. The Labute approximate surface area is 172 Å². The average molecular weight is 407 g/mol. The second kappa shape index (κ2) is 6.53. The molecule has 0 unspecified atom stereocenters. The molecular weight excluding hydrogens is 372 g/mol. The lowest BCUT2D eigenvalue weighted by Gasteiger charge is -2.65. The summed E-state index contributed by atoms with van der Waals surface area (Å²) in [5.74, 6) is -0.162. The second-order valence-electron chi connectivity index (χ2n) is 10.5. The third-order valence-electron chi connectivity index (χ3n) is 9.27. The molecule has 4 rings (SSSR count). The van der Waals surface area contributed by atoms with Gasteiger partial charge >= 0.3 is 11.9 Å². The summed E-state index contributed by atoms with van der Waals surface area (Å²) in [4.78, 5) is 36.4. The molecule has 6 nitrogen and oxygen atoms in total. The highest BCUT2D eigenvalue weighted by Crippen LogP contribution is 2.69. The first kappa shape index (κ1) is 20.8. The molecule has 0 aromatic heterocycles. The summed E-state index contributed by atoms with van der Waals surface area (Å²) in [6.45, 7) is 7.00. The van der Waals surface area contributed by atoms with Crippen LogP contribution >= 0.6 is 0 Å². The first-order valence-corrected chi connectivity index (χ1v) is 11.1. The molecular formula is C23H34O6. The van der Waals surface area contributed by atoms with E-state index < -0.39 is 16.6 Å². The van der Waals surface area contributed by atoms with Gasteiger partial charge in [0, 0.05) is 32.6 Å². The Bertz CT molecular complexity index is 748. The van der Waals surface area contributed by atoms with Crippen molar-refractivity contribution in [2.24, 2.45) is 22.7 Å². The van der Waals surface area contributed by atoms with Crippen LogP contribution in [0.5, 0.6) is 0 Å². The van der Waals surface area contributed by atoms with Gasteiger partial charge in [-0.25, -0.2) is 0 Å². The predicted octanol–water partition coefficient (Wildman–Crippen LogP) is 3.33. The highest BCUT2D eigenvalue weighted by molar-refractivity contribution is 5.89. The lowest BCUT2D eigenvalue weighted by atomic mass is 9.42. The zero-order chi connectivity index (χ0) is 21.2. The van der Waals surface area contributed by atoms with Crippen LogP contribution < -0.4 is 0 Å². The van der Waals surface area contributed by atoms with Gasteiger partial charge in [0.25, 0.3) is 0 Å². The largest absolute Gasteiger partial charge is 0.462 e. The molecule has 0 aliphatic heterocycles. The summed E-state index contributed by atoms with van der Waals surface area (Å²) >= 11 is 0. The highest BCUT2D eigenvalue weighted by atomic mass is 16.6. The van der Waals surface area contributed by atoms with Crippen molar-refractivity contribution < 1.29 is 29.0 Å². The maximum absolute atomic E-state index is 12.9. The monoisotopic (exact) mass is 406 g/mol. The van der Waals surface area contributed by atoms with Crippen molar-refractivity contribution in [3.05, 3.63) is 0 Å². The van der Waals surface area contributed by atoms with Gasteiger partial charge in [0.2, 0.25) is 0 Å². The minimum Gasteiger partial charge on any atom is -0.462 e. The van der Waals surface area contributed by atoms with E-state index in [-0.39, 0.29) is 41.1 Å². The van der Waals surface area contributed by atoms with Crippen LogP contribution in [0.1, 0.15) is 85.5 Å². The number of hydrogen-bond acceptors (Lipinski definition) is 6. The summed E-state index contributed by atoms with van der Waals surface area (Å²) in [6.07, 6.45) is 5.62. The number of esters is 2. The summed E-state index contributed by atoms with van der Waals surface area (Å²) < 4.78 is 11.5. The molecule has 29 heavy (non-hydrogen) atoms. The van der Waals surface area contributed by atoms with E-state index in [4.69, 9.17) is 9.47 Å². The molecule has 0 heterocycles. The van der Waals surface area contributed by atoms with Crippen LogP contribution in [0.3, 0.4) is 0 Å². The van der Waals surface area contributed by atoms with Crippen LogP contribution in [-0.2, 0) is 23.9 Å². The second-order valence-corrected chi connectivity index (χ2v) is 10.5. The minimum absolute atomic E-state index is 0.0761. The van der Waals surface area contributed by atoms with Crippen molar-refractivity contribution >= 4 is 17.7 Å². The first-order chi connectivity index (χ1) is 13.5. The van der Waals surface area contributed by atoms with Crippen molar-refractivity contribution in [2.45, 2.75) is 103 Å². The Morgan fingerprint density at radius 2 is 1.66 bits per heavy atom. The van der Waals surface area contributed by atoms with E-state index in [1.54, 1.807) is 0 Å². The molecule has 6 heteroatoms. The van der Waals surface area contributed by atoms with Crippen molar-refractivity contribution in [2.75, 3.05) is 0 Å². The van der Waals surface area contributed by atoms with Crippen LogP contribution in [0, 0.1) is 22.7 Å². The number of carbonyl (C=O) groups excluding carboxylic acids is 3. The Morgan fingerprint density at radius 3 is 2.31 bits per heavy atom.